The molecule has 0 saturated carbocycles. The van der Waals surface area contributed by atoms with Crippen molar-refractivity contribution in [3.63, 3.8) is 0 Å². The molecule has 1 aliphatic rings. The molecule has 0 atom stereocenters. The summed E-state index contributed by atoms with van der Waals surface area (Å²) in [5, 5.41) is 0. The molecule has 2 N–H and O–H groups in total. The number of carbonyl (C=O) groups is 1. The van der Waals surface area contributed by atoms with E-state index >= 15 is 0 Å². The lowest BCUT2D eigenvalue weighted by molar-refractivity contribution is 0.0119. The maximum absolute atomic E-state index is 14.0. The van der Waals surface area contributed by atoms with Gasteiger partial charge in [0, 0.05) is 24.5 Å². The molecule has 7 heteroatoms. The Morgan fingerprint density at radius 1 is 1.33 bits per heavy atom. The number of carbonyl (C=O) groups excluding carboxylic acids is 1. The maximum Gasteiger partial charge on any atom is 0.288 e. The van der Waals surface area contributed by atoms with Crippen molar-refractivity contribution in [2.75, 3.05) is 18.0 Å². The van der Waals surface area contributed by atoms with Crippen molar-refractivity contribution in [3.05, 3.63) is 21.3 Å². The van der Waals surface area contributed by atoms with Gasteiger partial charge in [-0.05, 0) is 53.1 Å². The average Bonchev–Trinajstić information content (AvgIpc) is 2.60. The van der Waals surface area contributed by atoms with Crippen LogP contribution in [-0.4, -0.2) is 24.0 Å². The Morgan fingerprint density at radius 3 is 2.50 bits per heavy atom. The molecule has 0 radical (unpaired) electrons. The second-order valence-electron chi connectivity index (χ2n) is 7.36. The number of anilines is 1. The third kappa shape index (κ3) is 3.87. The standard InChI is InChI=1S/C17H24BrF2N3O/c1-10-11(14(21)24)15(22-13(12(10)18)17(4,19)20)23-8-5-6-16(2,3)7-9-23/h5-9H2,1-4H3,(H2,21,24). The molecule has 1 fully saturated rings. The summed E-state index contributed by atoms with van der Waals surface area (Å²) in [7, 11) is 0. The zero-order valence-electron chi connectivity index (χ0n) is 14.5. The highest BCUT2D eigenvalue weighted by atomic mass is 79.9. The highest BCUT2D eigenvalue weighted by Gasteiger charge is 2.34. The molecule has 0 spiro atoms. The first kappa shape index (κ1) is 19.1. The number of alkyl halides is 2. The lowest BCUT2D eigenvalue weighted by Gasteiger charge is -2.27. The number of pyridine rings is 1. The van der Waals surface area contributed by atoms with Crippen LogP contribution in [0.1, 0.15) is 61.6 Å². The molecular weight excluding hydrogens is 380 g/mol. The second-order valence-corrected chi connectivity index (χ2v) is 8.15. The fourth-order valence-electron chi connectivity index (χ4n) is 3.12. The van der Waals surface area contributed by atoms with E-state index in [1.165, 1.54) is 0 Å². The van der Waals surface area contributed by atoms with E-state index in [2.05, 4.69) is 34.8 Å². The van der Waals surface area contributed by atoms with Crippen LogP contribution in [0, 0.1) is 12.3 Å². The average molecular weight is 404 g/mol. The van der Waals surface area contributed by atoms with Crippen LogP contribution >= 0.6 is 15.9 Å². The van der Waals surface area contributed by atoms with Crippen molar-refractivity contribution in [3.8, 4) is 0 Å². The minimum absolute atomic E-state index is 0.141. The predicted octanol–water partition coefficient (Wildman–Crippen LogP) is 4.38. The maximum atomic E-state index is 14.0. The van der Waals surface area contributed by atoms with Gasteiger partial charge < -0.3 is 10.6 Å². The van der Waals surface area contributed by atoms with Crippen LogP contribution < -0.4 is 10.6 Å². The third-order valence-corrected chi connectivity index (χ3v) is 5.63. The molecule has 2 heterocycles. The van der Waals surface area contributed by atoms with E-state index in [1.807, 2.05) is 4.90 Å². The number of primary amides is 1. The van der Waals surface area contributed by atoms with Crippen LogP contribution in [0.4, 0.5) is 14.6 Å². The number of hydrogen-bond acceptors (Lipinski definition) is 3. The first-order valence-corrected chi connectivity index (χ1v) is 8.86. The van der Waals surface area contributed by atoms with Gasteiger partial charge in [0.05, 0.1) is 5.56 Å². The number of aromatic nitrogens is 1. The molecule has 134 valence electrons. The largest absolute Gasteiger partial charge is 0.365 e. The number of nitrogens with two attached hydrogens (primary N) is 1. The quantitative estimate of drug-likeness (QED) is 0.814. The topological polar surface area (TPSA) is 59.2 Å². The van der Waals surface area contributed by atoms with E-state index in [0.29, 0.717) is 18.7 Å². The van der Waals surface area contributed by atoms with Gasteiger partial charge in [-0.3, -0.25) is 4.79 Å². The van der Waals surface area contributed by atoms with Crippen molar-refractivity contribution in [1.29, 1.82) is 0 Å². The summed E-state index contributed by atoms with van der Waals surface area (Å²) in [5.74, 6) is -3.48. The summed E-state index contributed by atoms with van der Waals surface area (Å²) in [5.41, 5.74) is 5.98. The van der Waals surface area contributed by atoms with Crippen molar-refractivity contribution in [2.24, 2.45) is 11.1 Å². The highest BCUT2D eigenvalue weighted by molar-refractivity contribution is 9.10. The second kappa shape index (κ2) is 6.58. The molecule has 24 heavy (non-hydrogen) atoms. The van der Waals surface area contributed by atoms with Crippen molar-refractivity contribution >= 4 is 27.7 Å². The van der Waals surface area contributed by atoms with Gasteiger partial charge in [0.15, 0.2) is 0 Å². The van der Waals surface area contributed by atoms with E-state index < -0.39 is 11.8 Å². The van der Waals surface area contributed by atoms with Gasteiger partial charge in [0.1, 0.15) is 11.5 Å². The van der Waals surface area contributed by atoms with E-state index in [9.17, 15) is 13.6 Å². The third-order valence-electron chi connectivity index (χ3n) is 4.66. The molecule has 1 aromatic heterocycles. The normalized spacial score (nSPS) is 18.4. The minimum atomic E-state index is -3.11. The van der Waals surface area contributed by atoms with Gasteiger partial charge in [-0.1, -0.05) is 13.8 Å². The molecule has 2 rings (SSSR count). The number of nitrogens with zero attached hydrogens (tertiary/aromatic N) is 2. The Labute approximate surface area is 149 Å². The molecule has 1 amide bonds. The van der Waals surface area contributed by atoms with Crippen LogP contribution in [0.15, 0.2) is 4.47 Å². The zero-order valence-corrected chi connectivity index (χ0v) is 16.1. The van der Waals surface area contributed by atoms with Gasteiger partial charge in [0.2, 0.25) is 0 Å². The molecule has 0 unspecified atom stereocenters. The Bertz CT molecular complexity index is 656. The number of amides is 1. The Kier molecular flexibility index (Phi) is 5.23. The van der Waals surface area contributed by atoms with Crippen molar-refractivity contribution in [2.45, 2.75) is 52.9 Å². The van der Waals surface area contributed by atoms with E-state index in [1.54, 1.807) is 6.92 Å². The van der Waals surface area contributed by atoms with Crippen LogP contribution in [0.25, 0.3) is 0 Å². The molecule has 0 aliphatic carbocycles. The van der Waals surface area contributed by atoms with Crippen LogP contribution in [-0.2, 0) is 5.92 Å². The summed E-state index contributed by atoms with van der Waals surface area (Å²) in [6, 6.07) is 0. The van der Waals surface area contributed by atoms with Gasteiger partial charge in [-0.2, -0.15) is 8.78 Å². The summed E-state index contributed by atoms with van der Waals surface area (Å²) in [6.45, 7) is 8.14. The van der Waals surface area contributed by atoms with Crippen LogP contribution in [0.2, 0.25) is 0 Å². The first-order valence-electron chi connectivity index (χ1n) is 8.07. The van der Waals surface area contributed by atoms with E-state index in [-0.39, 0.29) is 27.0 Å². The highest BCUT2D eigenvalue weighted by Crippen LogP contribution is 2.39. The SMILES string of the molecule is Cc1c(Br)c(C(C)(F)F)nc(N2CCCC(C)(C)CC2)c1C(N)=O. The van der Waals surface area contributed by atoms with Crippen LogP contribution in [0.5, 0.6) is 0 Å². The lowest BCUT2D eigenvalue weighted by Crippen LogP contribution is -2.31. The monoisotopic (exact) mass is 403 g/mol. The first-order chi connectivity index (χ1) is 10.9. The fraction of sp³-hybridized carbons (Fsp3) is 0.647. The van der Waals surface area contributed by atoms with Gasteiger partial charge in [-0.25, -0.2) is 4.98 Å². The summed E-state index contributed by atoms with van der Waals surface area (Å²) in [6.07, 6.45) is 2.86. The minimum Gasteiger partial charge on any atom is -0.365 e. The Balaban J connectivity index is 2.59. The lowest BCUT2D eigenvalue weighted by atomic mass is 9.85. The number of halogens is 3. The fourth-order valence-corrected chi connectivity index (χ4v) is 3.75. The summed E-state index contributed by atoms with van der Waals surface area (Å²) < 4.78 is 28.0. The van der Waals surface area contributed by atoms with Gasteiger partial charge in [0.25, 0.3) is 11.8 Å². The molecular formula is C17H24BrF2N3O. The molecule has 1 aliphatic heterocycles. The van der Waals surface area contributed by atoms with Crippen molar-refractivity contribution < 1.29 is 13.6 Å². The Hall–Kier alpha value is -1.24. The van der Waals surface area contributed by atoms with Crippen molar-refractivity contribution in [1.82, 2.24) is 4.98 Å². The zero-order chi connectivity index (χ0) is 18.3. The predicted molar refractivity (Wildman–Crippen MR) is 94.6 cm³/mol. The van der Waals surface area contributed by atoms with Gasteiger partial charge in [-0.15, -0.1) is 0 Å². The number of rotatable bonds is 3. The molecule has 1 aromatic rings. The van der Waals surface area contributed by atoms with Gasteiger partial charge >= 0.3 is 0 Å². The van der Waals surface area contributed by atoms with E-state index in [0.717, 1.165) is 26.2 Å². The summed E-state index contributed by atoms with van der Waals surface area (Å²) >= 11 is 3.16. The van der Waals surface area contributed by atoms with E-state index in [4.69, 9.17) is 5.73 Å². The number of hydrogen-bond donors (Lipinski definition) is 1. The molecule has 4 nitrogen and oxygen atoms in total. The Morgan fingerprint density at radius 2 is 1.96 bits per heavy atom. The molecule has 0 aromatic carbocycles. The summed E-state index contributed by atoms with van der Waals surface area (Å²) in [4.78, 5) is 18.0. The van der Waals surface area contributed by atoms with Crippen LogP contribution in [0.3, 0.4) is 0 Å². The molecule has 0 bridgehead atoms. The molecule has 1 saturated heterocycles. The smallest absolute Gasteiger partial charge is 0.288 e.